The van der Waals surface area contributed by atoms with Gasteiger partial charge in [0.15, 0.2) is 5.82 Å². The molecule has 0 N–H and O–H groups in total. The number of nitrogens with zero attached hydrogens (tertiary/aromatic N) is 1. The second-order valence-electron chi connectivity index (χ2n) is 2.60. The Kier molecular flexibility index (Phi) is 3.35. The van der Waals surface area contributed by atoms with Gasteiger partial charge in [0, 0.05) is 11.4 Å². The van der Waals surface area contributed by atoms with Gasteiger partial charge in [-0.25, -0.2) is 4.39 Å². The van der Waals surface area contributed by atoms with Crippen molar-refractivity contribution in [3.8, 4) is 0 Å². The van der Waals surface area contributed by atoms with Gasteiger partial charge in [-0.3, -0.25) is 4.98 Å². The van der Waals surface area contributed by atoms with Gasteiger partial charge >= 0.3 is 0 Å². The Morgan fingerprint density at radius 2 is 2.17 bits per heavy atom. The third-order valence-electron chi connectivity index (χ3n) is 1.16. The summed E-state index contributed by atoms with van der Waals surface area (Å²) in [5, 5.41) is 0.702. The maximum absolute atomic E-state index is 13.0. The van der Waals surface area contributed by atoms with E-state index in [1.807, 2.05) is 13.8 Å². The van der Waals surface area contributed by atoms with E-state index in [1.165, 1.54) is 24.2 Å². The van der Waals surface area contributed by atoms with Crippen molar-refractivity contribution in [1.82, 2.24) is 4.98 Å². The van der Waals surface area contributed by atoms with Gasteiger partial charge in [0.25, 0.3) is 0 Å². The molecule has 0 spiro atoms. The highest BCUT2D eigenvalue weighted by Crippen LogP contribution is 2.31. The number of rotatable bonds is 2. The Hall–Kier alpha value is -0.280. The van der Waals surface area contributed by atoms with Gasteiger partial charge in [-0.15, -0.1) is 11.8 Å². The molecule has 0 fully saturated rings. The minimum absolute atomic E-state index is 0.319. The molecule has 0 saturated heterocycles. The summed E-state index contributed by atoms with van der Waals surface area (Å²) in [6, 6.07) is 0. The van der Waals surface area contributed by atoms with E-state index in [4.69, 9.17) is 11.6 Å². The zero-order chi connectivity index (χ0) is 9.14. The summed E-state index contributed by atoms with van der Waals surface area (Å²) in [7, 11) is 0. The second-order valence-corrected chi connectivity index (χ2v) is 4.59. The molecule has 12 heavy (non-hydrogen) atoms. The first-order chi connectivity index (χ1) is 5.61. The first-order valence-corrected chi connectivity index (χ1v) is 4.82. The Morgan fingerprint density at radius 1 is 1.50 bits per heavy atom. The Labute approximate surface area is 80.3 Å². The number of aromatic nitrogens is 1. The van der Waals surface area contributed by atoms with Crippen molar-refractivity contribution in [1.29, 1.82) is 0 Å². The maximum Gasteiger partial charge on any atom is 0.156 e. The molecule has 0 radical (unpaired) electrons. The molecule has 0 unspecified atom stereocenters. The molecule has 0 aromatic carbocycles. The largest absolute Gasteiger partial charge is 0.260 e. The topological polar surface area (TPSA) is 12.9 Å². The third kappa shape index (κ3) is 2.35. The fraction of sp³-hybridized carbons (Fsp3) is 0.375. The van der Waals surface area contributed by atoms with Gasteiger partial charge in [-0.2, -0.15) is 0 Å². The summed E-state index contributed by atoms with van der Waals surface area (Å²) in [5.74, 6) is -0.346. The lowest BCUT2D eigenvalue weighted by molar-refractivity contribution is 0.595. The fourth-order valence-electron chi connectivity index (χ4n) is 0.748. The smallest absolute Gasteiger partial charge is 0.156 e. The van der Waals surface area contributed by atoms with Crippen LogP contribution in [0.25, 0.3) is 0 Å². The molecule has 0 aliphatic rings. The Morgan fingerprint density at radius 3 is 2.67 bits per heavy atom. The number of thioether (sulfide) groups is 1. The van der Waals surface area contributed by atoms with Crippen LogP contribution in [0, 0.1) is 5.82 Å². The van der Waals surface area contributed by atoms with E-state index in [0.717, 1.165) is 0 Å². The maximum atomic E-state index is 13.0. The Bertz CT molecular complexity index is 258. The number of hydrogen-bond donors (Lipinski definition) is 0. The van der Waals surface area contributed by atoms with Crippen molar-refractivity contribution in [2.24, 2.45) is 0 Å². The average Bonchev–Trinajstić information content (AvgIpc) is 1.97. The van der Waals surface area contributed by atoms with Gasteiger partial charge in [-0.1, -0.05) is 25.4 Å². The van der Waals surface area contributed by atoms with Crippen molar-refractivity contribution < 1.29 is 4.39 Å². The van der Waals surface area contributed by atoms with Crippen molar-refractivity contribution >= 4 is 23.4 Å². The molecule has 66 valence electrons. The molecule has 0 aliphatic carbocycles. The lowest BCUT2D eigenvalue weighted by Crippen LogP contribution is -1.91. The number of pyridine rings is 1. The van der Waals surface area contributed by atoms with E-state index in [-0.39, 0.29) is 5.82 Å². The quantitative estimate of drug-likeness (QED) is 0.687. The summed E-state index contributed by atoms with van der Waals surface area (Å²) >= 11 is 7.15. The molecular weight excluding hydrogens is 197 g/mol. The van der Waals surface area contributed by atoms with E-state index in [1.54, 1.807) is 0 Å². The van der Waals surface area contributed by atoms with Crippen LogP contribution in [-0.4, -0.2) is 10.2 Å². The van der Waals surface area contributed by atoms with Crippen LogP contribution in [0.15, 0.2) is 17.3 Å². The van der Waals surface area contributed by atoms with Gasteiger partial charge < -0.3 is 0 Å². The standard InChI is InChI=1S/C8H9ClFNS/c1-5(2)12-8-6(9)3-11-4-7(8)10/h3-5H,1-2H3. The van der Waals surface area contributed by atoms with Crippen molar-refractivity contribution in [2.45, 2.75) is 24.0 Å². The van der Waals surface area contributed by atoms with Crippen LogP contribution in [0.2, 0.25) is 5.02 Å². The van der Waals surface area contributed by atoms with E-state index in [2.05, 4.69) is 4.98 Å². The Balaban J connectivity index is 2.96. The molecule has 1 aromatic rings. The van der Waals surface area contributed by atoms with E-state index < -0.39 is 0 Å². The lowest BCUT2D eigenvalue weighted by atomic mass is 10.5. The summed E-state index contributed by atoms with van der Waals surface area (Å²) in [5.41, 5.74) is 0. The van der Waals surface area contributed by atoms with Crippen molar-refractivity contribution in [3.63, 3.8) is 0 Å². The average molecular weight is 206 g/mol. The zero-order valence-electron chi connectivity index (χ0n) is 6.84. The molecule has 1 heterocycles. The van der Waals surface area contributed by atoms with Crippen LogP contribution in [0.1, 0.15) is 13.8 Å². The van der Waals surface area contributed by atoms with Crippen LogP contribution in [0.4, 0.5) is 4.39 Å². The number of hydrogen-bond acceptors (Lipinski definition) is 2. The molecule has 0 atom stereocenters. The predicted molar refractivity (Wildman–Crippen MR) is 50.2 cm³/mol. The minimum atomic E-state index is -0.346. The van der Waals surface area contributed by atoms with E-state index in [9.17, 15) is 4.39 Å². The van der Waals surface area contributed by atoms with Crippen LogP contribution in [-0.2, 0) is 0 Å². The summed E-state index contributed by atoms with van der Waals surface area (Å²) in [4.78, 5) is 4.12. The zero-order valence-corrected chi connectivity index (χ0v) is 8.42. The second kappa shape index (κ2) is 4.10. The van der Waals surface area contributed by atoms with E-state index in [0.29, 0.717) is 15.2 Å². The van der Waals surface area contributed by atoms with Crippen LogP contribution in [0.3, 0.4) is 0 Å². The highest BCUT2D eigenvalue weighted by molar-refractivity contribution is 8.00. The summed E-state index contributed by atoms with van der Waals surface area (Å²) in [6.07, 6.45) is 2.63. The molecule has 0 aliphatic heterocycles. The van der Waals surface area contributed by atoms with Gasteiger partial charge in [0.05, 0.1) is 16.1 Å². The van der Waals surface area contributed by atoms with Crippen LogP contribution in [0.5, 0.6) is 0 Å². The van der Waals surface area contributed by atoms with Crippen molar-refractivity contribution in [3.05, 3.63) is 23.2 Å². The molecule has 4 heteroatoms. The van der Waals surface area contributed by atoms with Gasteiger partial charge in [-0.05, 0) is 0 Å². The van der Waals surface area contributed by atoms with E-state index >= 15 is 0 Å². The monoisotopic (exact) mass is 205 g/mol. The number of halogens is 2. The molecule has 0 amide bonds. The van der Waals surface area contributed by atoms with Gasteiger partial charge in [0.1, 0.15) is 0 Å². The normalized spacial score (nSPS) is 10.8. The fourth-order valence-corrected chi connectivity index (χ4v) is 1.83. The highest BCUT2D eigenvalue weighted by Gasteiger charge is 2.09. The van der Waals surface area contributed by atoms with Gasteiger partial charge in [0.2, 0.25) is 0 Å². The van der Waals surface area contributed by atoms with Crippen LogP contribution >= 0.6 is 23.4 Å². The lowest BCUT2D eigenvalue weighted by Gasteiger charge is -2.06. The third-order valence-corrected chi connectivity index (χ3v) is 2.68. The molecule has 1 nitrogen and oxygen atoms in total. The summed E-state index contributed by atoms with van der Waals surface area (Å²) in [6.45, 7) is 3.97. The minimum Gasteiger partial charge on any atom is -0.260 e. The first kappa shape index (κ1) is 9.81. The molecular formula is C8H9ClFNS. The first-order valence-electron chi connectivity index (χ1n) is 3.57. The molecule has 0 bridgehead atoms. The summed E-state index contributed by atoms with van der Waals surface area (Å²) < 4.78 is 13.0. The highest BCUT2D eigenvalue weighted by atomic mass is 35.5. The molecule has 1 rings (SSSR count). The van der Waals surface area contributed by atoms with Crippen molar-refractivity contribution in [2.75, 3.05) is 0 Å². The SMILES string of the molecule is CC(C)Sc1c(F)cncc1Cl. The molecule has 0 saturated carbocycles. The predicted octanol–water partition coefficient (Wildman–Crippen LogP) is 3.37. The molecule has 1 aromatic heterocycles. The van der Waals surface area contributed by atoms with Crippen LogP contribution < -0.4 is 0 Å².